The first-order chi connectivity index (χ1) is 7.88. The maximum Gasteiger partial charge on any atom is 0.0233 e. The zero-order chi connectivity index (χ0) is 11.2. The number of nitrogens with zero attached hydrogens (tertiary/aromatic N) is 1. The Labute approximate surface area is 112 Å². The van der Waals surface area contributed by atoms with E-state index in [4.69, 9.17) is 0 Å². The van der Waals surface area contributed by atoms with Crippen molar-refractivity contribution in [1.29, 1.82) is 0 Å². The standard InChI is InChI=1S/C14H20IN/c15-9-8-14-7-4-10-16(12-14)11-13-5-2-1-3-6-13/h1-3,5-6,14H,4,7-12H2/t14-/m1/s1. The van der Waals surface area contributed by atoms with Crippen LogP contribution in [-0.4, -0.2) is 22.4 Å². The number of likely N-dealkylation sites (tertiary alicyclic amines) is 1. The topological polar surface area (TPSA) is 3.24 Å². The Bertz CT molecular complexity index is 297. The van der Waals surface area contributed by atoms with Crippen molar-refractivity contribution in [2.24, 2.45) is 5.92 Å². The zero-order valence-corrected chi connectivity index (χ0v) is 11.9. The largest absolute Gasteiger partial charge is 0.299 e. The molecular weight excluding hydrogens is 309 g/mol. The third-order valence-electron chi connectivity index (χ3n) is 3.37. The van der Waals surface area contributed by atoms with Crippen LogP contribution in [0, 0.1) is 5.92 Å². The van der Waals surface area contributed by atoms with Crippen LogP contribution in [0.25, 0.3) is 0 Å². The Balaban J connectivity index is 1.85. The highest BCUT2D eigenvalue weighted by molar-refractivity contribution is 14.1. The molecule has 0 radical (unpaired) electrons. The fraction of sp³-hybridized carbons (Fsp3) is 0.571. The lowest BCUT2D eigenvalue weighted by Gasteiger charge is -2.32. The van der Waals surface area contributed by atoms with Crippen molar-refractivity contribution in [3.8, 4) is 0 Å². The van der Waals surface area contributed by atoms with E-state index in [2.05, 4.69) is 57.8 Å². The van der Waals surface area contributed by atoms with Crippen LogP contribution in [0.1, 0.15) is 24.8 Å². The second-order valence-electron chi connectivity index (χ2n) is 4.71. The Hall–Kier alpha value is -0.0900. The van der Waals surface area contributed by atoms with Crippen LogP contribution in [0.4, 0.5) is 0 Å². The molecule has 0 aliphatic carbocycles. The average Bonchev–Trinajstić information content (AvgIpc) is 2.31. The van der Waals surface area contributed by atoms with Crippen molar-refractivity contribution in [2.45, 2.75) is 25.8 Å². The summed E-state index contributed by atoms with van der Waals surface area (Å²) in [5.74, 6) is 0.939. The molecule has 1 fully saturated rings. The number of benzene rings is 1. The van der Waals surface area contributed by atoms with Gasteiger partial charge in [0.15, 0.2) is 0 Å². The van der Waals surface area contributed by atoms with Crippen LogP contribution in [0.2, 0.25) is 0 Å². The Kier molecular flexibility index (Phi) is 5.10. The summed E-state index contributed by atoms with van der Waals surface area (Å²) < 4.78 is 1.31. The van der Waals surface area contributed by atoms with E-state index in [1.54, 1.807) is 0 Å². The summed E-state index contributed by atoms with van der Waals surface area (Å²) >= 11 is 2.50. The first-order valence-corrected chi connectivity index (χ1v) is 7.73. The third kappa shape index (κ3) is 3.74. The molecule has 88 valence electrons. The van der Waals surface area contributed by atoms with Gasteiger partial charge in [-0.15, -0.1) is 0 Å². The highest BCUT2D eigenvalue weighted by Gasteiger charge is 2.18. The number of hydrogen-bond acceptors (Lipinski definition) is 1. The molecule has 1 atom stereocenters. The van der Waals surface area contributed by atoms with Gasteiger partial charge in [0.1, 0.15) is 0 Å². The number of hydrogen-bond donors (Lipinski definition) is 0. The highest BCUT2D eigenvalue weighted by Crippen LogP contribution is 2.21. The third-order valence-corrected chi connectivity index (χ3v) is 3.99. The van der Waals surface area contributed by atoms with E-state index in [1.165, 1.54) is 42.3 Å². The highest BCUT2D eigenvalue weighted by atomic mass is 127. The Morgan fingerprint density at radius 2 is 2.06 bits per heavy atom. The molecule has 1 aromatic rings. The summed E-state index contributed by atoms with van der Waals surface area (Å²) in [5, 5.41) is 0. The molecule has 2 rings (SSSR count). The fourth-order valence-electron chi connectivity index (χ4n) is 2.53. The number of alkyl halides is 1. The number of rotatable bonds is 4. The molecule has 1 aliphatic rings. The first kappa shape index (κ1) is 12.4. The minimum absolute atomic E-state index is 0.939. The van der Waals surface area contributed by atoms with Crippen LogP contribution in [0.3, 0.4) is 0 Å². The van der Waals surface area contributed by atoms with Crippen LogP contribution >= 0.6 is 22.6 Å². The monoisotopic (exact) mass is 329 g/mol. The lowest BCUT2D eigenvalue weighted by molar-refractivity contribution is 0.166. The van der Waals surface area contributed by atoms with Gasteiger partial charge in [0.2, 0.25) is 0 Å². The maximum atomic E-state index is 2.62. The van der Waals surface area contributed by atoms with Crippen LogP contribution in [-0.2, 0) is 6.54 Å². The van der Waals surface area contributed by atoms with E-state index >= 15 is 0 Å². The first-order valence-electron chi connectivity index (χ1n) is 6.20. The van der Waals surface area contributed by atoms with Crippen LogP contribution in [0.5, 0.6) is 0 Å². The van der Waals surface area contributed by atoms with Gasteiger partial charge in [0.25, 0.3) is 0 Å². The quantitative estimate of drug-likeness (QED) is 0.601. The van der Waals surface area contributed by atoms with Crippen molar-refractivity contribution in [3.05, 3.63) is 35.9 Å². The van der Waals surface area contributed by atoms with E-state index < -0.39 is 0 Å². The minimum Gasteiger partial charge on any atom is -0.299 e. The average molecular weight is 329 g/mol. The summed E-state index contributed by atoms with van der Waals surface area (Å²) in [4.78, 5) is 2.62. The molecule has 0 spiro atoms. The molecule has 1 saturated heterocycles. The smallest absolute Gasteiger partial charge is 0.0233 e. The lowest BCUT2D eigenvalue weighted by Crippen LogP contribution is -2.35. The fourth-order valence-corrected chi connectivity index (χ4v) is 3.41. The molecule has 0 saturated carbocycles. The normalized spacial score (nSPS) is 22.2. The van der Waals surface area contributed by atoms with E-state index in [9.17, 15) is 0 Å². The van der Waals surface area contributed by atoms with Gasteiger partial charge in [-0.1, -0.05) is 52.9 Å². The molecule has 0 unspecified atom stereocenters. The van der Waals surface area contributed by atoms with Crippen molar-refractivity contribution in [3.63, 3.8) is 0 Å². The second-order valence-corrected chi connectivity index (χ2v) is 5.79. The second kappa shape index (κ2) is 6.60. The van der Waals surface area contributed by atoms with Gasteiger partial charge in [-0.3, -0.25) is 4.90 Å². The summed E-state index contributed by atoms with van der Waals surface area (Å²) in [6.07, 6.45) is 4.22. The van der Waals surface area contributed by atoms with Crippen LogP contribution < -0.4 is 0 Å². The molecule has 16 heavy (non-hydrogen) atoms. The molecule has 0 amide bonds. The van der Waals surface area contributed by atoms with Crippen molar-refractivity contribution < 1.29 is 0 Å². The van der Waals surface area contributed by atoms with Crippen molar-refractivity contribution >= 4 is 22.6 Å². The molecule has 0 N–H and O–H groups in total. The molecular formula is C14H20IN. The molecule has 1 aliphatic heterocycles. The van der Waals surface area contributed by atoms with Crippen LogP contribution in [0.15, 0.2) is 30.3 Å². The molecule has 0 aromatic heterocycles. The molecule has 2 heteroatoms. The maximum absolute atomic E-state index is 2.62. The van der Waals surface area contributed by atoms with E-state index in [0.29, 0.717) is 0 Å². The van der Waals surface area contributed by atoms with Crippen molar-refractivity contribution in [1.82, 2.24) is 4.90 Å². The predicted octanol–water partition coefficient (Wildman–Crippen LogP) is 3.72. The zero-order valence-electron chi connectivity index (χ0n) is 9.74. The number of halogens is 1. The number of piperidine rings is 1. The summed E-state index contributed by atoms with van der Waals surface area (Å²) in [6, 6.07) is 10.9. The van der Waals surface area contributed by atoms with Gasteiger partial charge in [0.05, 0.1) is 0 Å². The summed E-state index contributed by atoms with van der Waals surface area (Å²) in [6.45, 7) is 3.73. The Morgan fingerprint density at radius 3 is 2.81 bits per heavy atom. The molecule has 0 bridgehead atoms. The Morgan fingerprint density at radius 1 is 1.25 bits per heavy atom. The van der Waals surface area contributed by atoms with Gasteiger partial charge < -0.3 is 0 Å². The molecule has 1 aromatic carbocycles. The predicted molar refractivity (Wildman–Crippen MR) is 77.9 cm³/mol. The molecule has 1 nitrogen and oxygen atoms in total. The SMILES string of the molecule is ICC[C@H]1CCCN(Cc2ccccc2)C1. The van der Waals surface area contributed by atoms with Gasteiger partial charge in [-0.05, 0) is 41.7 Å². The summed E-state index contributed by atoms with van der Waals surface area (Å²) in [7, 11) is 0. The van der Waals surface area contributed by atoms with E-state index in [-0.39, 0.29) is 0 Å². The lowest BCUT2D eigenvalue weighted by atomic mass is 9.95. The van der Waals surface area contributed by atoms with Gasteiger partial charge in [0, 0.05) is 13.1 Å². The minimum atomic E-state index is 0.939. The molecule has 1 heterocycles. The van der Waals surface area contributed by atoms with E-state index in [0.717, 1.165) is 12.5 Å². The van der Waals surface area contributed by atoms with Crippen molar-refractivity contribution in [2.75, 3.05) is 17.5 Å². The van der Waals surface area contributed by atoms with Gasteiger partial charge >= 0.3 is 0 Å². The van der Waals surface area contributed by atoms with E-state index in [1.807, 2.05) is 0 Å². The van der Waals surface area contributed by atoms with Gasteiger partial charge in [-0.25, -0.2) is 0 Å². The van der Waals surface area contributed by atoms with Gasteiger partial charge in [-0.2, -0.15) is 0 Å². The summed E-state index contributed by atoms with van der Waals surface area (Å²) in [5.41, 5.74) is 1.46.